The quantitative estimate of drug-likeness (QED) is 0.342. The Labute approximate surface area is 164 Å². The van der Waals surface area contributed by atoms with E-state index in [0.717, 1.165) is 5.75 Å². The largest absolute Gasteiger partial charge is 0.355 e. The predicted molar refractivity (Wildman–Crippen MR) is 106 cm³/mol. The van der Waals surface area contributed by atoms with E-state index in [-0.39, 0.29) is 17.5 Å². The molecule has 0 radical (unpaired) electrons. The van der Waals surface area contributed by atoms with Gasteiger partial charge < -0.3 is 11.2 Å². The highest BCUT2D eigenvalue weighted by Crippen LogP contribution is 2.22. The summed E-state index contributed by atoms with van der Waals surface area (Å²) in [6.07, 6.45) is 0. The van der Waals surface area contributed by atoms with Crippen molar-refractivity contribution in [3.05, 3.63) is 60.4 Å². The van der Waals surface area contributed by atoms with Crippen LogP contribution in [0.2, 0.25) is 0 Å². The van der Waals surface area contributed by atoms with Crippen molar-refractivity contribution in [2.24, 2.45) is 0 Å². The fourth-order valence-corrected chi connectivity index (χ4v) is 3.73. The number of nitrogens with one attached hydrogen (secondary N) is 1. The van der Waals surface area contributed by atoms with Crippen LogP contribution in [-0.4, -0.2) is 38.8 Å². The van der Waals surface area contributed by atoms with Crippen LogP contribution in [0.25, 0.3) is 11.4 Å². The van der Waals surface area contributed by atoms with Gasteiger partial charge in [-0.15, -0.1) is 22.0 Å². The van der Waals surface area contributed by atoms with Crippen molar-refractivity contribution < 1.29 is 9.18 Å². The van der Waals surface area contributed by atoms with Gasteiger partial charge in [0.2, 0.25) is 11.1 Å². The molecular weight excluding hydrogens is 385 g/mol. The molecule has 0 aliphatic heterocycles. The smallest absolute Gasteiger partial charge is 0.230 e. The molecule has 0 saturated heterocycles. The Morgan fingerprint density at radius 2 is 1.93 bits per heavy atom. The zero-order valence-corrected chi connectivity index (χ0v) is 16.0. The third-order valence-electron chi connectivity index (χ3n) is 3.52. The van der Waals surface area contributed by atoms with Crippen molar-refractivity contribution in [1.29, 1.82) is 0 Å². The Morgan fingerprint density at radius 3 is 2.70 bits per heavy atom. The lowest BCUT2D eigenvalue weighted by Crippen LogP contribution is -2.27. The summed E-state index contributed by atoms with van der Waals surface area (Å²) >= 11 is 2.86. The van der Waals surface area contributed by atoms with Crippen LogP contribution in [0, 0.1) is 5.82 Å². The Kier molecular flexibility index (Phi) is 6.72. The van der Waals surface area contributed by atoms with E-state index in [2.05, 4.69) is 15.5 Å². The molecule has 0 bridgehead atoms. The average molecular weight is 404 g/mol. The van der Waals surface area contributed by atoms with E-state index >= 15 is 0 Å². The van der Waals surface area contributed by atoms with E-state index in [0.29, 0.717) is 23.1 Å². The Hall–Kier alpha value is -2.52. The zero-order chi connectivity index (χ0) is 19.1. The minimum atomic E-state index is -0.377. The van der Waals surface area contributed by atoms with Crippen LogP contribution >= 0.6 is 23.5 Å². The molecule has 0 atom stereocenters. The molecule has 0 aliphatic rings. The molecule has 9 heteroatoms. The van der Waals surface area contributed by atoms with Crippen LogP contribution in [0.4, 0.5) is 4.39 Å². The molecule has 0 aliphatic carbocycles. The van der Waals surface area contributed by atoms with Crippen molar-refractivity contribution in [3.8, 4) is 11.4 Å². The van der Waals surface area contributed by atoms with Crippen molar-refractivity contribution in [1.82, 2.24) is 20.2 Å². The number of thioether (sulfide) groups is 2. The molecule has 27 heavy (non-hydrogen) atoms. The van der Waals surface area contributed by atoms with Crippen LogP contribution in [0.3, 0.4) is 0 Å². The second kappa shape index (κ2) is 9.43. The molecule has 0 unspecified atom stereocenters. The lowest BCUT2D eigenvalue weighted by atomic mass is 10.2. The third-order valence-corrected chi connectivity index (χ3v) is 5.47. The van der Waals surface area contributed by atoms with Crippen molar-refractivity contribution in [2.45, 2.75) is 10.1 Å². The van der Waals surface area contributed by atoms with Gasteiger partial charge in [-0.1, -0.05) is 42.1 Å². The van der Waals surface area contributed by atoms with Gasteiger partial charge in [-0.2, -0.15) is 0 Å². The first-order chi connectivity index (χ1) is 13.1. The number of rotatable bonds is 8. The van der Waals surface area contributed by atoms with Crippen LogP contribution in [0.15, 0.2) is 64.6 Å². The monoisotopic (exact) mass is 403 g/mol. The van der Waals surface area contributed by atoms with E-state index in [1.54, 1.807) is 23.9 Å². The fraction of sp³-hybridized carbons (Fsp3) is 0.167. The summed E-state index contributed by atoms with van der Waals surface area (Å²) in [5.41, 5.74) is 0.527. The van der Waals surface area contributed by atoms with Crippen molar-refractivity contribution >= 4 is 29.4 Å². The summed E-state index contributed by atoms with van der Waals surface area (Å²) in [5, 5.41) is 11.2. The molecule has 0 saturated carbocycles. The number of carbonyl (C=O) groups excluding carboxylic acids is 1. The maximum absolute atomic E-state index is 13.3. The number of halogens is 1. The van der Waals surface area contributed by atoms with Gasteiger partial charge in [-0.3, -0.25) is 4.79 Å². The number of nitrogens with two attached hydrogens (primary N) is 1. The Balaban J connectivity index is 1.45. The summed E-state index contributed by atoms with van der Waals surface area (Å²) in [6.45, 7) is 0.572. The molecule has 1 aromatic heterocycles. The number of benzene rings is 2. The number of hydrogen-bond donors (Lipinski definition) is 2. The number of nitrogen functional groups attached to an aromatic ring is 1. The first-order valence-corrected chi connectivity index (χ1v) is 10.1. The number of nitrogens with zero attached hydrogens (tertiary/aromatic N) is 3. The predicted octanol–water partition coefficient (Wildman–Crippen LogP) is 2.80. The van der Waals surface area contributed by atoms with Crippen LogP contribution in [0.1, 0.15) is 0 Å². The van der Waals surface area contributed by atoms with Gasteiger partial charge in [0.25, 0.3) is 0 Å². The normalized spacial score (nSPS) is 10.7. The first-order valence-electron chi connectivity index (χ1n) is 8.17. The molecule has 3 N–H and O–H groups in total. The summed E-state index contributed by atoms with van der Waals surface area (Å²) in [4.78, 5) is 13.1. The van der Waals surface area contributed by atoms with Crippen LogP contribution in [0.5, 0.6) is 0 Å². The van der Waals surface area contributed by atoms with Crippen LogP contribution < -0.4 is 11.2 Å². The summed E-state index contributed by atoms with van der Waals surface area (Å²) in [7, 11) is 0. The van der Waals surface area contributed by atoms with Gasteiger partial charge in [0, 0.05) is 22.8 Å². The molecule has 3 rings (SSSR count). The number of aromatic nitrogens is 3. The van der Waals surface area contributed by atoms with Crippen molar-refractivity contribution in [3.63, 3.8) is 0 Å². The maximum atomic E-state index is 13.3. The van der Waals surface area contributed by atoms with E-state index < -0.39 is 0 Å². The summed E-state index contributed by atoms with van der Waals surface area (Å²) in [6, 6.07) is 16.0. The molecular formula is C18H18FN5OS2. The van der Waals surface area contributed by atoms with Crippen LogP contribution in [-0.2, 0) is 4.79 Å². The second-order valence-electron chi connectivity index (χ2n) is 5.49. The molecule has 1 amide bonds. The van der Waals surface area contributed by atoms with Gasteiger partial charge in [0.05, 0.1) is 5.75 Å². The number of amides is 1. The standard InChI is InChI=1S/C18H18FN5OS2/c19-14-6-4-5-13(11-14)17-22-23-18(24(17)20)27-12-16(25)21-9-10-26-15-7-2-1-3-8-15/h1-8,11H,9-10,12,20H2,(H,21,25). The minimum absolute atomic E-state index is 0.107. The fourth-order valence-electron chi connectivity index (χ4n) is 2.26. The van der Waals surface area contributed by atoms with Gasteiger partial charge in [0.1, 0.15) is 5.82 Å². The molecule has 6 nitrogen and oxygen atoms in total. The third kappa shape index (κ3) is 5.48. The van der Waals surface area contributed by atoms with Gasteiger partial charge in [0.15, 0.2) is 5.82 Å². The lowest BCUT2D eigenvalue weighted by Gasteiger charge is -2.06. The van der Waals surface area contributed by atoms with E-state index in [1.165, 1.54) is 33.5 Å². The molecule has 2 aromatic carbocycles. The van der Waals surface area contributed by atoms with Gasteiger partial charge in [-0.05, 0) is 24.3 Å². The molecule has 0 spiro atoms. The summed E-state index contributed by atoms with van der Waals surface area (Å²) in [5.74, 6) is 6.79. The highest BCUT2D eigenvalue weighted by Gasteiger charge is 2.14. The topological polar surface area (TPSA) is 85.8 Å². The summed E-state index contributed by atoms with van der Waals surface area (Å²) < 4.78 is 14.6. The van der Waals surface area contributed by atoms with E-state index in [4.69, 9.17) is 5.84 Å². The van der Waals surface area contributed by atoms with Gasteiger partial charge in [-0.25, -0.2) is 9.07 Å². The SMILES string of the molecule is Nn1c(SCC(=O)NCCSc2ccccc2)nnc1-c1cccc(F)c1. The van der Waals surface area contributed by atoms with E-state index in [1.807, 2.05) is 30.3 Å². The van der Waals surface area contributed by atoms with E-state index in [9.17, 15) is 9.18 Å². The maximum Gasteiger partial charge on any atom is 0.230 e. The minimum Gasteiger partial charge on any atom is -0.355 e. The first kappa shape index (κ1) is 19.2. The second-order valence-corrected chi connectivity index (χ2v) is 7.60. The van der Waals surface area contributed by atoms with Crippen molar-refractivity contribution in [2.75, 3.05) is 23.9 Å². The highest BCUT2D eigenvalue weighted by atomic mass is 32.2. The number of carbonyl (C=O) groups is 1. The number of hydrogen-bond acceptors (Lipinski definition) is 6. The molecule has 3 aromatic rings. The molecule has 0 fully saturated rings. The Bertz CT molecular complexity index is 904. The average Bonchev–Trinajstić information content (AvgIpc) is 3.05. The molecule has 140 valence electrons. The van der Waals surface area contributed by atoms with Gasteiger partial charge >= 0.3 is 0 Å². The highest BCUT2D eigenvalue weighted by molar-refractivity contribution is 7.99. The zero-order valence-electron chi connectivity index (χ0n) is 14.3. The molecule has 1 heterocycles. The Morgan fingerprint density at radius 1 is 1.11 bits per heavy atom. The lowest BCUT2D eigenvalue weighted by molar-refractivity contribution is -0.118.